The number of aryl methyl sites for hydroxylation is 1. The number of nitrogens with one attached hydrogen (secondary N) is 1. The minimum atomic E-state index is 0.115. The molecule has 4 aromatic rings. The van der Waals surface area contributed by atoms with Crippen LogP contribution < -0.4 is 5.32 Å². The standard InChI is InChI=1S/C26H27N5O/c1-30-18-28-24-23(30)16-22(29-25(24)27-17-19-8-4-2-5-9-19)20-12-14-31(15-13-20)26(32)21-10-6-3-7-11-21/h2-11,16,18,20H,12-15,17H2,1H3,(H,27,29). The Morgan fingerprint density at radius 3 is 2.44 bits per heavy atom. The molecule has 6 nitrogen and oxygen atoms in total. The summed E-state index contributed by atoms with van der Waals surface area (Å²) in [6, 6.07) is 22.0. The molecule has 1 fully saturated rings. The van der Waals surface area contributed by atoms with Crippen molar-refractivity contribution in [2.45, 2.75) is 25.3 Å². The average Bonchev–Trinajstić information content (AvgIpc) is 3.24. The number of nitrogens with zero attached hydrogens (tertiary/aromatic N) is 4. The molecular formula is C26H27N5O. The van der Waals surface area contributed by atoms with Crippen LogP contribution in [0.1, 0.15) is 40.4 Å². The first-order chi connectivity index (χ1) is 15.7. The van der Waals surface area contributed by atoms with Crippen LogP contribution in [0.2, 0.25) is 0 Å². The number of aromatic nitrogens is 3. The van der Waals surface area contributed by atoms with Crippen LogP contribution in [0.5, 0.6) is 0 Å². The number of piperidine rings is 1. The second-order valence-electron chi connectivity index (χ2n) is 8.39. The van der Waals surface area contributed by atoms with Crippen molar-refractivity contribution in [3.63, 3.8) is 0 Å². The van der Waals surface area contributed by atoms with E-state index >= 15 is 0 Å². The number of anilines is 1. The first-order valence-corrected chi connectivity index (χ1v) is 11.1. The Labute approximate surface area is 187 Å². The Kier molecular flexibility index (Phi) is 5.58. The summed E-state index contributed by atoms with van der Waals surface area (Å²) in [5.41, 5.74) is 5.00. The van der Waals surface area contributed by atoms with Crippen LogP contribution in [0.3, 0.4) is 0 Å². The number of carbonyl (C=O) groups excluding carboxylic acids is 1. The third-order valence-electron chi connectivity index (χ3n) is 6.26. The van der Waals surface area contributed by atoms with Crippen LogP contribution in [0, 0.1) is 0 Å². The SMILES string of the molecule is Cn1cnc2c(NCc3ccccc3)nc(C3CCN(C(=O)c4ccccc4)CC3)cc21. The highest BCUT2D eigenvalue weighted by Gasteiger charge is 2.26. The van der Waals surface area contributed by atoms with Crippen molar-refractivity contribution >= 4 is 22.8 Å². The van der Waals surface area contributed by atoms with Gasteiger partial charge in [-0.2, -0.15) is 0 Å². The molecule has 1 aliphatic rings. The number of benzene rings is 2. The van der Waals surface area contributed by atoms with Gasteiger partial charge >= 0.3 is 0 Å². The van der Waals surface area contributed by atoms with Gasteiger partial charge in [0.25, 0.3) is 5.91 Å². The summed E-state index contributed by atoms with van der Waals surface area (Å²) in [4.78, 5) is 24.3. The van der Waals surface area contributed by atoms with E-state index in [1.807, 2.05) is 71.4 Å². The molecule has 162 valence electrons. The lowest BCUT2D eigenvalue weighted by Gasteiger charge is -2.32. The maximum Gasteiger partial charge on any atom is 0.253 e. The fourth-order valence-electron chi connectivity index (χ4n) is 4.40. The molecule has 0 unspecified atom stereocenters. The molecule has 2 aromatic carbocycles. The maximum atomic E-state index is 12.8. The summed E-state index contributed by atoms with van der Waals surface area (Å²) < 4.78 is 2.04. The van der Waals surface area contributed by atoms with E-state index in [-0.39, 0.29) is 5.91 Å². The van der Waals surface area contributed by atoms with Gasteiger partial charge in [-0.1, -0.05) is 48.5 Å². The van der Waals surface area contributed by atoms with Gasteiger partial charge in [0.15, 0.2) is 5.82 Å². The van der Waals surface area contributed by atoms with Gasteiger partial charge in [0, 0.05) is 43.9 Å². The maximum absolute atomic E-state index is 12.8. The average molecular weight is 426 g/mol. The highest BCUT2D eigenvalue weighted by molar-refractivity contribution is 5.94. The van der Waals surface area contributed by atoms with Crippen molar-refractivity contribution in [2.24, 2.45) is 7.05 Å². The molecule has 5 rings (SSSR count). The molecule has 1 amide bonds. The normalized spacial score (nSPS) is 14.6. The second-order valence-corrected chi connectivity index (χ2v) is 8.39. The topological polar surface area (TPSA) is 63.1 Å². The second kappa shape index (κ2) is 8.83. The first-order valence-electron chi connectivity index (χ1n) is 11.1. The lowest BCUT2D eigenvalue weighted by molar-refractivity contribution is 0.0712. The van der Waals surface area contributed by atoms with Crippen LogP contribution in [-0.2, 0) is 13.6 Å². The molecule has 0 radical (unpaired) electrons. The molecule has 1 saturated heterocycles. The molecule has 3 heterocycles. The number of fused-ring (bicyclic) bond motifs is 1. The van der Waals surface area contributed by atoms with Gasteiger partial charge in [0.2, 0.25) is 0 Å². The number of amides is 1. The zero-order chi connectivity index (χ0) is 21.9. The molecule has 0 bridgehead atoms. The zero-order valence-corrected chi connectivity index (χ0v) is 18.2. The highest BCUT2D eigenvalue weighted by Crippen LogP contribution is 2.31. The molecule has 6 heteroatoms. The van der Waals surface area contributed by atoms with Crippen LogP contribution in [-0.4, -0.2) is 38.4 Å². The van der Waals surface area contributed by atoms with Crippen molar-refractivity contribution in [3.8, 4) is 0 Å². The van der Waals surface area contributed by atoms with Crippen LogP contribution in [0.4, 0.5) is 5.82 Å². The number of imidazole rings is 1. The quantitative estimate of drug-likeness (QED) is 0.508. The predicted molar refractivity (Wildman–Crippen MR) is 127 cm³/mol. The van der Waals surface area contributed by atoms with E-state index in [4.69, 9.17) is 4.98 Å². The summed E-state index contributed by atoms with van der Waals surface area (Å²) in [5.74, 6) is 1.26. The molecule has 0 aliphatic carbocycles. The number of likely N-dealkylation sites (tertiary alicyclic amines) is 1. The van der Waals surface area contributed by atoms with Gasteiger partial charge in [-0.15, -0.1) is 0 Å². The van der Waals surface area contributed by atoms with E-state index in [1.165, 1.54) is 5.56 Å². The summed E-state index contributed by atoms with van der Waals surface area (Å²) in [6.07, 6.45) is 3.66. The third kappa shape index (κ3) is 4.08. The van der Waals surface area contributed by atoms with Crippen LogP contribution in [0.15, 0.2) is 73.1 Å². The Bertz CT molecular complexity index is 1210. The van der Waals surface area contributed by atoms with Crippen LogP contribution in [0.25, 0.3) is 11.0 Å². The monoisotopic (exact) mass is 425 g/mol. The molecule has 0 spiro atoms. The van der Waals surface area contributed by atoms with Gasteiger partial charge in [0.1, 0.15) is 5.52 Å². The van der Waals surface area contributed by atoms with Crippen LogP contribution >= 0.6 is 0 Å². The number of hydrogen-bond donors (Lipinski definition) is 1. The molecule has 0 atom stereocenters. The van der Waals surface area contributed by atoms with E-state index in [1.54, 1.807) is 0 Å². The summed E-state index contributed by atoms with van der Waals surface area (Å²) >= 11 is 0. The Morgan fingerprint density at radius 1 is 1.03 bits per heavy atom. The Balaban J connectivity index is 1.34. The van der Waals surface area contributed by atoms with E-state index in [9.17, 15) is 4.79 Å². The Morgan fingerprint density at radius 2 is 1.72 bits per heavy atom. The predicted octanol–water partition coefficient (Wildman–Crippen LogP) is 4.60. The van der Waals surface area contributed by atoms with E-state index in [0.29, 0.717) is 12.5 Å². The van der Waals surface area contributed by atoms with Crippen molar-refractivity contribution in [3.05, 3.63) is 89.9 Å². The van der Waals surface area contributed by atoms with Gasteiger partial charge < -0.3 is 14.8 Å². The van der Waals surface area contributed by atoms with Crippen molar-refractivity contribution in [1.29, 1.82) is 0 Å². The third-order valence-corrected chi connectivity index (χ3v) is 6.26. The minimum absolute atomic E-state index is 0.115. The largest absolute Gasteiger partial charge is 0.364 e. The van der Waals surface area contributed by atoms with E-state index in [0.717, 1.165) is 54.0 Å². The van der Waals surface area contributed by atoms with Gasteiger partial charge in [-0.3, -0.25) is 4.79 Å². The highest BCUT2D eigenvalue weighted by atomic mass is 16.2. The molecule has 1 N–H and O–H groups in total. The van der Waals surface area contributed by atoms with Crippen molar-refractivity contribution in [2.75, 3.05) is 18.4 Å². The lowest BCUT2D eigenvalue weighted by atomic mass is 9.92. The van der Waals surface area contributed by atoms with Gasteiger partial charge in [-0.25, -0.2) is 9.97 Å². The van der Waals surface area contributed by atoms with Gasteiger partial charge in [0.05, 0.1) is 11.8 Å². The molecule has 0 saturated carbocycles. The van der Waals surface area contributed by atoms with E-state index < -0.39 is 0 Å². The number of rotatable bonds is 5. The minimum Gasteiger partial charge on any atom is -0.364 e. The summed E-state index contributed by atoms with van der Waals surface area (Å²) in [5, 5.41) is 3.49. The zero-order valence-electron chi connectivity index (χ0n) is 18.2. The smallest absolute Gasteiger partial charge is 0.253 e. The molecule has 1 aliphatic heterocycles. The molecule has 2 aromatic heterocycles. The summed E-state index contributed by atoms with van der Waals surface area (Å²) in [7, 11) is 2.02. The number of pyridine rings is 1. The first kappa shape index (κ1) is 20.2. The fraction of sp³-hybridized carbons (Fsp3) is 0.269. The molecular weight excluding hydrogens is 398 g/mol. The molecule has 32 heavy (non-hydrogen) atoms. The lowest BCUT2D eigenvalue weighted by Crippen LogP contribution is -2.38. The number of carbonyl (C=O) groups is 1. The van der Waals surface area contributed by atoms with Gasteiger partial charge in [-0.05, 0) is 36.6 Å². The van der Waals surface area contributed by atoms with Crippen molar-refractivity contribution < 1.29 is 4.79 Å². The van der Waals surface area contributed by atoms with E-state index in [2.05, 4.69) is 28.5 Å². The summed E-state index contributed by atoms with van der Waals surface area (Å²) in [6.45, 7) is 2.19. The Hall–Kier alpha value is -3.67. The number of hydrogen-bond acceptors (Lipinski definition) is 4. The fourth-order valence-corrected chi connectivity index (χ4v) is 4.40. The van der Waals surface area contributed by atoms with Crippen molar-refractivity contribution in [1.82, 2.24) is 19.4 Å².